The minimum Gasteiger partial charge on any atom is -0.375 e. The molecule has 92 valence electrons. The number of carbonyl (C=O) groups is 1. The van der Waals surface area contributed by atoms with Crippen LogP contribution in [0.4, 0.5) is 0 Å². The fourth-order valence-electron chi connectivity index (χ4n) is 2.55. The summed E-state index contributed by atoms with van der Waals surface area (Å²) in [6.45, 7) is 6.72. The highest BCUT2D eigenvalue weighted by atomic mass is 16.5. The van der Waals surface area contributed by atoms with Crippen molar-refractivity contribution < 1.29 is 9.53 Å². The predicted octanol–water partition coefficient (Wildman–Crippen LogP) is 0.670. The molecule has 2 rings (SSSR count). The first kappa shape index (κ1) is 11.9. The zero-order valence-corrected chi connectivity index (χ0v) is 10.2. The molecule has 0 aromatic heterocycles. The van der Waals surface area contributed by atoms with Gasteiger partial charge < -0.3 is 15.4 Å². The van der Waals surface area contributed by atoms with Crippen LogP contribution in [0.25, 0.3) is 0 Å². The maximum Gasteiger partial charge on any atom is 0.224 e. The maximum atomic E-state index is 11.9. The van der Waals surface area contributed by atoms with Gasteiger partial charge in [-0.2, -0.15) is 0 Å². The molecule has 2 fully saturated rings. The highest BCUT2D eigenvalue weighted by Crippen LogP contribution is 2.24. The number of hydrogen-bond donors (Lipinski definition) is 2. The lowest BCUT2D eigenvalue weighted by atomic mass is 9.93. The second kappa shape index (κ2) is 4.72. The van der Waals surface area contributed by atoms with Gasteiger partial charge in [-0.15, -0.1) is 0 Å². The smallest absolute Gasteiger partial charge is 0.224 e. The Balaban J connectivity index is 1.82. The van der Waals surface area contributed by atoms with Gasteiger partial charge in [0.1, 0.15) is 0 Å². The Morgan fingerprint density at radius 3 is 2.88 bits per heavy atom. The summed E-state index contributed by atoms with van der Waals surface area (Å²) in [6.07, 6.45) is 2.83. The summed E-state index contributed by atoms with van der Waals surface area (Å²) >= 11 is 0. The Labute approximate surface area is 97.1 Å². The summed E-state index contributed by atoms with van der Waals surface area (Å²) in [7, 11) is 0. The SMILES string of the molecule is CC1(C)CC(NC(=O)C2CCNC2)CCO1. The molecule has 16 heavy (non-hydrogen) atoms. The van der Waals surface area contributed by atoms with E-state index in [-0.39, 0.29) is 23.5 Å². The van der Waals surface area contributed by atoms with Crippen molar-refractivity contribution in [2.45, 2.75) is 44.8 Å². The molecule has 2 N–H and O–H groups in total. The van der Waals surface area contributed by atoms with Gasteiger partial charge in [0, 0.05) is 19.2 Å². The van der Waals surface area contributed by atoms with E-state index in [1.165, 1.54) is 0 Å². The van der Waals surface area contributed by atoms with Gasteiger partial charge >= 0.3 is 0 Å². The molecular formula is C12H22N2O2. The topological polar surface area (TPSA) is 50.4 Å². The number of nitrogens with one attached hydrogen (secondary N) is 2. The molecular weight excluding hydrogens is 204 g/mol. The molecule has 0 aliphatic carbocycles. The van der Waals surface area contributed by atoms with Crippen molar-refractivity contribution in [3.63, 3.8) is 0 Å². The van der Waals surface area contributed by atoms with E-state index in [1.54, 1.807) is 0 Å². The molecule has 2 aliphatic rings. The van der Waals surface area contributed by atoms with Gasteiger partial charge in [-0.25, -0.2) is 0 Å². The maximum absolute atomic E-state index is 11.9. The molecule has 0 bridgehead atoms. The largest absolute Gasteiger partial charge is 0.375 e. The van der Waals surface area contributed by atoms with Crippen LogP contribution in [0, 0.1) is 5.92 Å². The standard InChI is InChI=1S/C12H22N2O2/c1-12(2)7-10(4-6-16-12)14-11(15)9-3-5-13-8-9/h9-10,13H,3-8H2,1-2H3,(H,14,15). The van der Waals surface area contributed by atoms with E-state index in [0.717, 1.165) is 39.0 Å². The molecule has 0 aromatic rings. The Morgan fingerprint density at radius 1 is 1.44 bits per heavy atom. The van der Waals surface area contributed by atoms with Crippen LogP contribution in [0.3, 0.4) is 0 Å². The quantitative estimate of drug-likeness (QED) is 0.727. The number of amides is 1. The third-order valence-corrected chi connectivity index (χ3v) is 3.47. The predicted molar refractivity (Wildman–Crippen MR) is 62.2 cm³/mol. The lowest BCUT2D eigenvalue weighted by molar-refractivity contribution is -0.127. The first-order chi connectivity index (χ1) is 7.57. The summed E-state index contributed by atoms with van der Waals surface area (Å²) < 4.78 is 5.64. The first-order valence-corrected chi connectivity index (χ1v) is 6.22. The molecule has 0 saturated carbocycles. The highest BCUT2D eigenvalue weighted by Gasteiger charge is 2.31. The number of carbonyl (C=O) groups excluding carboxylic acids is 1. The van der Waals surface area contributed by atoms with Gasteiger partial charge in [-0.05, 0) is 39.7 Å². The minimum atomic E-state index is -0.0931. The zero-order chi connectivity index (χ0) is 11.6. The Hall–Kier alpha value is -0.610. The minimum absolute atomic E-state index is 0.0931. The summed E-state index contributed by atoms with van der Waals surface area (Å²) in [5.41, 5.74) is -0.0931. The van der Waals surface area contributed by atoms with Gasteiger partial charge in [-0.3, -0.25) is 4.79 Å². The monoisotopic (exact) mass is 226 g/mol. The number of hydrogen-bond acceptors (Lipinski definition) is 3. The lowest BCUT2D eigenvalue weighted by Crippen LogP contribution is -2.47. The van der Waals surface area contributed by atoms with Crippen LogP contribution in [0.1, 0.15) is 33.1 Å². The Morgan fingerprint density at radius 2 is 2.25 bits per heavy atom. The average molecular weight is 226 g/mol. The van der Waals surface area contributed by atoms with Gasteiger partial charge in [0.15, 0.2) is 0 Å². The lowest BCUT2D eigenvalue weighted by Gasteiger charge is -2.36. The van der Waals surface area contributed by atoms with Crippen molar-refractivity contribution in [2.75, 3.05) is 19.7 Å². The van der Waals surface area contributed by atoms with Crippen LogP contribution in [0.15, 0.2) is 0 Å². The molecule has 0 radical (unpaired) electrons. The zero-order valence-electron chi connectivity index (χ0n) is 10.2. The van der Waals surface area contributed by atoms with E-state index in [1.807, 2.05) is 0 Å². The van der Waals surface area contributed by atoms with Crippen LogP contribution >= 0.6 is 0 Å². The molecule has 4 heteroatoms. The van der Waals surface area contributed by atoms with E-state index in [4.69, 9.17) is 4.74 Å². The van der Waals surface area contributed by atoms with E-state index in [9.17, 15) is 4.79 Å². The van der Waals surface area contributed by atoms with Gasteiger partial charge in [-0.1, -0.05) is 0 Å². The second-order valence-electron chi connectivity index (χ2n) is 5.50. The van der Waals surface area contributed by atoms with Crippen molar-refractivity contribution >= 4 is 5.91 Å². The third-order valence-electron chi connectivity index (χ3n) is 3.47. The van der Waals surface area contributed by atoms with Crippen molar-refractivity contribution in [1.82, 2.24) is 10.6 Å². The molecule has 2 unspecified atom stereocenters. The Bertz CT molecular complexity index is 260. The van der Waals surface area contributed by atoms with Crippen LogP contribution in [0.2, 0.25) is 0 Å². The molecule has 4 nitrogen and oxygen atoms in total. The van der Waals surface area contributed by atoms with E-state index >= 15 is 0 Å². The van der Waals surface area contributed by atoms with Crippen molar-refractivity contribution in [3.05, 3.63) is 0 Å². The van der Waals surface area contributed by atoms with Gasteiger partial charge in [0.25, 0.3) is 0 Å². The fraction of sp³-hybridized carbons (Fsp3) is 0.917. The summed E-state index contributed by atoms with van der Waals surface area (Å²) in [4.78, 5) is 11.9. The van der Waals surface area contributed by atoms with E-state index in [0.29, 0.717) is 0 Å². The normalized spacial score (nSPS) is 33.6. The van der Waals surface area contributed by atoms with Crippen molar-refractivity contribution in [3.8, 4) is 0 Å². The molecule has 0 aromatic carbocycles. The molecule has 2 aliphatic heterocycles. The second-order valence-corrected chi connectivity index (χ2v) is 5.50. The third kappa shape index (κ3) is 2.95. The molecule has 1 amide bonds. The van der Waals surface area contributed by atoms with Crippen molar-refractivity contribution in [1.29, 1.82) is 0 Å². The average Bonchev–Trinajstić information content (AvgIpc) is 2.68. The first-order valence-electron chi connectivity index (χ1n) is 6.22. The molecule has 2 heterocycles. The molecule has 0 spiro atoms. The van der Waals surface area contributed by atoms with Crippen LogP contribution in [-0.4, -0.2) is 37.2 Å². The summed E-state index contributed by atoms with van der Waals surface area (Å²) in [5.74, 6) is 0.388. The fourth-order valence-corrected chi connectivity index (χ4v) is 2.55. The van der Waals surface area contributed by atoms with Crippen LogP contribution < -0.4 is 10.6 Å². The van der Waals surface area contributed by atoms with Crippen LogP contribution in [0.5, 0.6) is 0 Å². The van der Waals surface area contributed by atoms with Crippen LogP contribution in [-0.2, 0) is 9.53 Å². The highest BCUT2D eigenvalue weighted by molar-refractivity contribution is 5.79. The van der Waals surface area contributed by atoms with E-state index < -0.39 is 0 Å². The molecule has 2 saturated heterocycles. The Kier molecular flexibility index (Phi) is 3.50. The number of ether oxygens (including phenoxy) is 1. The van der Waals surface area contributed by atoms with Gasteiger partial charge in [0.05, 0.1) is 11.5 Å². The number of rotatable bonds is 2. The van der Waals surface area contributed by atoms with Gasteiger partial charge in [0.2, 0.25) is 5.91 Å². The van der Waals surface area contributed by atoms with E-state index in [2.05, 4.69) is 24.5 Å². The molecule has 2 atom stereocenters. The summed E-state index contributed by atoms with van der Waals surface area (Å²) in [5, 5.41) is 6.38. The van der Waals surface area contributed by atoms with Crippen molar-refractivity contribution in [2.24, 2.45) is 5.92 Å². The summed E-state index contributed by atoms with van der Waals surface area (Å²) in [6, 6.07) is 0.289.